The van der Waals surface area contributed by atoms with Gasteiger partial charge in [-0.1, -0.05) is 13.0 Å². The first-order valence-electron chi connectivity index (χ1n) is 8.17. The van der Waals surface area contributed by atoms with Gasteiger partial charge < -0.3 is 9.47 Å². The van der Waals surface area contributed by atoms with E-state index >= 15 is 0 Å². The summed E-state index contributed by atoms with van der Waals surface area (Å²) in [6.07, 6.45) is 6.78. The van der Waals surface area contributed by atoms with Crippen LogP contribution in [-0.2, 0) is 6.42 Å². The lowest BCUT2D eigenvalue weighted by molar-refractivity contribution is 0.313. The number of methoxy groups -OCH3 is 1. The van der Waals surface area contributed by atoms with Crippen LogP contribution in [-0.4, -0.2) is 38.3 Å². The Hall–Kier alpha value is -2.96. The highest BCUT2D eigenvalue weighted by Gasteiger charge is 2.17. The molecule has 0 N–H and O–H groups in total. The lowest BCUT2D eigenvalue weighted by atomic mass is 10.1. The maximum Gasteiger partial charge on any atom is 0.261 e. The van der Waals surface area contributed by atoms with E-state index in [2.05, 4.69) is 26.6 Å². The van der Waals surface area contributed by atoms with Crippen molar-refractivity contribution in [1.29, 1.82) is 0 Å². The van der Waals surface area contributed by atoms with E-state index < -0.39 is 0 Å². The topological polar surface area (TPSA) is 74.4 Å². The largest absolute Gasteiger partial charge is 0.494 e. The summed E-state index contributed by atoms with van der Waals surface area (Å²) < 4.78 is 13.0. The molecule has 0 aliphatic carbocycles. The molecule has 3 heterocycles. The molecule has 0 radical (unpaired) electrons. The summed E-state index contributed by atoms with van der Waals surface area (Å²) in [4.78, 5) is 13.3. The average molecular weight is 339 g/mol. The van der Waals surface area contributed by atoms with Gasteiger partial charge in [-0.15, -0.1) is 11.7 Å². The second kappa shape index (κ2) is 7.29. The van der Waals surface area contributed by atoms with E-state index in [9.17, 15) is 0 Å². The van der Waals surface area contributed by atoms with Crippen LogP contribution in [0.4, 0.5) is 0 Å². The highest BCUT2D eigenvalue weighted by molar-refractivity contribution is 5.65. The number of rotatable bonds is 7. The molecule has 0 aliphatic rings. The Bertz CT molecular complexity index is 904. The van der Waals surface area contributed by atoms with Crippen molar-refractivity contribution in [2.45, 2.75) is 26.7 Å². The van der Waals surface area contributed by atoms with Gasteiger partial charge in [0.05, 0.1) is 37.4 Å². The fourth-order valence-corrected chi connectivity index (χ4v) is 2.43. The van der Waals surface area contributed by atoms with E-state index in [1.165, 1.54) is 0 Å². The standard InChI is InChI=1S/C18H21N5O2/c1-5-7-8-25-18-17-20-10-12(3)23(17)22-16(21-18)14-9-13(6-2)19-11-15(14)24-4/h5,9-11H,1,6-8H2,2-4H3. The number of aromatic nitrogens is 5. The molecule has 0 atom stereocenters. The summed E-state index contributed by atoms with van der Waals surface area (Å²) in [5.74, 6) is 1.57. The van der Waals surface area contributed by atoms with E-state index in [4.69, 9.17) is 9.47 Å². The van der Waals surface area contributed by atoms with E-state index in [1.54, 1.807) is 30.1 Å². The van der Waals surface area contributed by atoms with Crippen LogP contribution in [0, 0.1) is 6.92 Å². The molecule has 7 nitrogen and oxygen atoms in total. The Morgan fingerprint density at radius 3 is 2.84 bits per heavy atom. The number of fused-ring (bicyclic) bond motifs is 1. The first-order chi connectivity index (χ1) is 12.2. The zero-order valence-electron chi connectivity index (χ0n) is 14.7. The van der Waals surface area contributed by atoms with Gasteiger partial charge in [0.1, 0.15) is 5.75 Å². The van der Waals surface area contributed by atoms with Gasteiger partial charge in [-0.25, -0.2) is 9.50 Å². The molecule has 0 unspecified atom stereocenters. The van der Waals surface area contributed by atoms with Crippen LogP contribution in [0.5, 0.6) is 11.6 Å². The average Bonchev–Trinajstić information content (AvgIpc) is 3.02. The Labute approximate surface area is 146 Å². The molecule has 130 valence electrons. The van der Waals surface area contributed by atoms with Crippen molar-refractivity contribution < 1.29 is 9.47 Å². The second-order valence-corrected chi connectivity index (χ2v) is 5.53. The van der Waals surface area contributed by atoms with Crippen LogP contribution in [0.2, 0.25) is 0 Å². The SMILES string of the molecule is C=CCCOc1nc(-c2cc(CC)ncc2OC)nn2c(C)cnc12. The molecule has 0 saturated carbocycles. The maximum atomic E-state index is 5.80. The fourth-order valence-electron chi connectivity index (χ4n) is 2.43. The van der Waals surface area contributed by atoms with E-state index in [0.717, 1.165) is 29.8 Å². The number of hydrogen-bond acceptors (Lipinski definition) is 6. The van der Waals surface area contributed by atoms with Gasteiger partial charge in [-0.3, -0.25) is 4.98 Å². The van der Waals surface area contributed by atoms with Gasteiger partial charge in [0.2, 0.25) is 5.65 Å². The summed E-state index contributed by atoms with van der Waals surface area (Å²) in [6.45, 7) is 8.17. The van der Waals surface area contributed by atoms with Crippen molar-refractivity contribution in [3.05, 3.63) is 42.5 Å². The molecule has 0 fully saturated rings. The fraction of sp³-hybridized carbons (Fsp3) is 0.333. The number of pyridine rings is 1. The van der Waals surface area contributed by atoms with Crippen molar-refractivity contribution in [1.82, 2.24) is 24.6 Å². The van der Waals surface area contributed by atoms with Crippen LogP contribution >= 0.6 is 0 Å². The summed E-state index contributed by atoms with van der Waals surface area (Å²) in [5, 5.41) is 4.61. The summed E-state index contributed by atoms with van der Waals surface area (Å²) in [7, 11) is 1.61. The lowest BCUT2D eigenvalue weighted by Gasteiger charge is -2.11. The third kappa shape index (κ3) is 3.31. The van der Waals surface area contributed by atoms with Gasteiger partial charge in [0.15, 0.2) is 5.82 Å². The molecule has 3 aromatic heterocycles. The molecule has 0 aromatic carbocycles. The molecule has 3 rings (SSSR count). The highest BCUT2D eigenvalue weighted by atomic mass is 16.5. The molecule has 0 bridgehead atoms. The Morgan fingerprint density at radius 1 is 1.28 bits per heavy atom. The molecule has 7 heteroatoms. The summed E-state index contributed by atoms with van der Waals surface area (Å²) in [5.41, 5.74) is 3.21. The van der Waals surface area contributed by atoms with Crippen molar-refractivity contribution in [3.63, 3.8) is 0 Å². The Balaban J connectivity index is 2.16. The quantitative estimate of drug-likeness (QED) is 0.486. The molecule has 0 aliphatic heterocycles. The molecule has 0 saturated heterocycles. The smallest absolute Gasteiger partial charge is 0.261 e. The minimum Gasteiger partial charge on any atom is -0.494 e. The van der Waals surface area contributed by atoms with Gasteiger partial charge >= 0.3 is 0 Å². The lowest BCUT2D eigenvalue weighted by Crippen LogP contribution is -2.07. The first kappa shape index (κ1) is 16.9. The minimum absolute atomic E-state index is 0.442. The van der Waals surface area contributed by atoms with Gasteiger partial charge in [-0.05, 0) is 25.8 Å². The predicted octanol–water partition coefficient (Wildman–Crippen LogP) is 3.02. The van der Waals surface area contributed by atoms with Crippen molar-refractivity contribution in [3.8, 4) is 23.0 Å². The number of hydrogen-bond donors (Lipinski definition) is 0. The van der Waals surface area contributed by atoms with Gasteiger partial charge in [0.25, 0.3) is 5.88 Å². The Morgan fingerprint density at radius 2 is 2.12 bits per heavy atom. The predicted molar refractivity (Wildman–Crippen MR) is 95.0 cm³/mol. The molecule has 25 heavy (non-hydrogen) atoms. The number of nitrogens with zero attached hydrogens (tertiary/aromatic N) is 5. The zero-order chi connectivity index (χ0) is 17.8. The van der Waals surface area contributed by atoms with Crippen LogP contribution in [0.25, 0.3) is 17.0 Å². The molecule has 0 spiro atoms. The monoisotopic (exact) mass is 339 g/mol. The number of imidazole rings is 1. The van der Waals surface area contributed by atoms with Crippen molar-refractivity contribution in [2.24, 2.45) is 0 Å². The van der Waals surface area contributed by atoms with Gasteiger partial charge in [-0.2, -0.15) is 4.98 Å². The maximum absolute atomic E-state index is 5.80. The molecular weight excluding hydrogens is 318 g/mol. The third-order valence-corrected chi connectivity index (χ3v) is 3.81. The van der Waals surface area contributed by atoms with E-state index in [0.29, 0.717) is 29.7 Å². The van der Waals surface area contributed by atoms with E-state index in [-0.39, 0.29) is 0 Å². The number of ether oxygens (including phenoxy) is 2. The van der Waals surface area contributed by atoms with Crippen LogP contribution < -0.4 is 9.47 Å². The third-order valence-electron chi connectivity index (χ3n) is 3.81. The molecule has 3 aromatic rings. The molecular formula is C18H21N5O2. The minimum atomic E-state index is 0.442. The summed E-state index contributed by atoms with van der Waals surface area (Å²) in [6, 6.07) is 1.94. The summed E-state index contributed by atoms with van der Waals surface area (Å²) >= 11 is 0. The van der Waals surface area contributed by atoms with Crippen LogP contribution in [0.3, 0.4) is 0 Å². The van der Waals surface area contributed by atoms with E-state index in [1.807, 2.05) is 19.9 Å². The molecule has 0 amide bonds. The number of aryl methyl sites for hydroxylation is 2. The van der Waals surface area contributed by atoms with Gasteiger partial charge in [0, 0.05) is 5.69 Å². The normalized spacial score (nSPS) is 10.8. The zero-order valence-corrected chi connectivity index (χ0v) is 14.7. The van der Waals surface area contributed by atoms with Crippen LogP contribution in [0.1, 0.15) is 24.7 Å². The van der Waals surface area contributed by atoms with Crippen molar-refractivity contribution >= 4 is 5.65 Å². The Kier molecular flexibility index (Phi) is 4.92. The second-order valence-electron chi connectivity index (χ2n) is 5.53. The van der Waals surface area contributed by atoms with Crippen molar-refractivity contribution in [2.75, 3.05) is 13.7 Å². The highest BCUT2D eigenvalue weighted by Crippen LogP contribution is 2.29. The first-order valence-corrected chi connectivity index (χ1v) is 8.17. The van der Waals surface area contributed by atoms with Crippen LogP contribution in [0.15, 0.2) is 31.1 Å².